The number of ether oxygens (including phenoxy) is 1. The fraction of sp³-hybridized carbons (Fsp3) is 0.136. The van der Waals surface area contributed by atoms with E-state index in [-0.39, 0.29) is 17.9 Å². The van der Waals surface area contributed by atoms with E-state index >= 15 is 0 Å². The number of carboxylic acids is 1. The first-order chi connectivity index (χ1) is 13.3. The van der Waals surface area contributed by atoms with E-state index in [1.54, 1.807) is 60.7 Å². The standard InChI is InChI=1S/C22H17F3O3/c23-22(24,25)21-18(13-20(26)27)11-17(16-9-5-2-6-10-16)12-19(21)28-14-15-7-3-1-4-8-15/h1-12H,13-14H2,(H,26,27). The van der Waals surface area contributed by atoms with Gasteiger partial charge in [0.25, 0.3) is 0 Å². The van der Waals surface area contributed by atoms with Gasteiger partial charge in [0.1, 0.15) is 17.9 Å². The molecule has 0 heterocycles. The lowest BCUT2D eigenvalue weighted by molar-refractivity contribution is -0.140. The van der Waals surface area contributed by atoms with E-state index in [4.69, 9.17) is 9.84 Å². The van der Waals surface area contributed by atoms with E-state index in [1.807, 2.05) is 0 Å². The molecule has 0 aromatic heterocycles. The van der Waals surface area contributed by atoms with Crippen molar-refractivity contribution in [2.45, 2.75) is 19.2 Å². The van der Waals surface area contributed by atoms with Crippen LogP contribution < -0.4 is 4.74 Å². The normalized spacial score (nSPS) is 11.2. The first-order valence-corrected chi connectivity index (χ1v) is 8.52. The molecule has 28 heavy (non-hydrogen) atoms. The SMILES string of the molecule is O=C(O)Cc1cc(-c2ccccc2)cc(OCc2ccccc2)c1C(F)(F)F. The van der Waals surface area contributed by atoms with E-state index < -0.39 is 24.1 Å². The van der Waals surface area contributed by atoms with Gasteiger partial charge >= 0.3 is 12.1 Å². The van der Waals surface area contributed by atoms with E-state index in [2.05, 4.69) is 0 Å². The maximum absolute atomic E-state index is 13.7. The van der Waals surface area contributed by atoms with Crippen molar-refractivity contribution in [3.05, 3.63) is 89.5 Å². The Morgan fingerprint density at radius 2 is 1.50 bits per heavy atom. The van der Waals surface area contributed by atoms with Crippen LogP contribution >= 0.6 is 0 Å². The van der Waals surface area contributed by atoms with Crippen molar-refractivity contribution >= 4 is 5.97 Å². The summed E-state index contributed by atoms with van der Waals surface area (Å²) in [6, 6.07) is 20.2. The molecular formula is C22H17F3O3. The van der Waals surface area contributed by atoms with Crippen molar-refractivity contribution < 1.29 is 27.8 Å². The number of hydrogen-bond donors (Lipinski definition) is 1. The molecule has 144 valence electrons. The highest BCUT2D eigenvalue weighted by molar-refractivity contribution is 5.75. The maximum atomic E-state index is 13.7. The molecule has 0 aliphatic rings. The first kappa shape index (κ1) is 19.5. The molecule has 0 unspecified atom stereocenters. The molecule has 0 amide bonds. The largest absolute Gasteiger partial charge is 0.488 e. The average molecular weight is 386 g/mol. The molecule has 3 aromatic rings. The number of alkyl halides is 3. The number of rotatable bonds is 6. The third kappa shape index (κ3) is 4.71. The van der Waals surface area contributed by atoms with Gasteiger partial charge in [-0.1, -0.05) is 60.7 Å². The molecule has 0 spiro atoms. The number of carbonyl (C=O) groups is 1. The van der Waals surface area contributed by atoms with Crippen LogP contribution in [0.15, 0.2) is 72.8 Å². The van der Waals surface area contributed by atoms with Crippen molar-refractivity contribution in [2.24, 2.45) is 0 Å². The van der Waals surface area contributed by atoms with Gasteiger partial charge in [0.2, 0.25) is 0 Å². The lowest BCUT2D eigenvalue weighted by Crippen LogP contribution is -2.15. The van der Waals surface area contributed by atoms with Crippen molar-refractivity contribution in [1.29, 1.82) is 0 Å². The second-order valence-electron chi connectivity index (χ2n) is 6.22. The van der Waals surface area contributed by atoms with E-state index in [1.165, 1.54) is 12.1 Å². The number of aliphatic carboxylic acids is 1. The van der Waals surface area contributed by atoms with Crippen LogP contribution in [0.1, 0.15) is 16.7 Å². The van der Waals surface area contributed by atoms with Gasteiger partial charge < -0.3 is 9.84 Å². The predicted octanol–water partition coefficient (Wildman–Crippen LogP) is 5.58. The molecular weight excluding hydrogens is 369 g/mol. The van der Waals surface area contributed by atoms with E-state index in [9.17, 15) is 18.0 Å². The van der Waals surface area contributed by atoms with Crippen molar-refractivity contribution in [3.8, 4) is 16.9 Å². The van der Waals surface area contributed by atoms with Crippen LogP contribution in [0.3, 0.4) is 0 Å². The smallest absolute Gasteiger partial charge is 0.420 e. The highest BCUT2D eigenvalue weighted by Gasteiger charge is 2.38. The molecule has 0 fully saturated rings. The van der Waals surface area contributed by atoms with Crippen LogP contribution in [-0.4, -0.2) is 11.1 Å². The summed E-state index contributed by atoms with van der Waals surface area (Å²) in [4.78, 5) is 11.2. The van der Waals surface area contributed by atoms with E-state index in [0.717, 1.165) is 0 Å². The van der Waals surface area contributed by atoms with Gasteiger partial charge in [-0.3, -0.25) is 4.79 Å². The van der Waals surface area contributed by atoms with Gasteiger partial charge in [-0.05, 0) is 34.4 Å². The third-order valence-corrected chi connectivity index (χ3v) is 4.15. The van der Waals surface area contributed by atoms with Gasteiger partial charge in [0.15, 0.2) is 0 Å². The Bertz CT molecular complexity index is 952. The molecule has 3 aromatic carbocycles. The molecule has 0 aliphatic carbocycles. The highest BCUT2D eigenvalue weighted by Crippen LogP contribution is 2.42. The van der Waals surface area contributed by atoms with Crippen molar-refractivity contribution in [2.75, 3.05) is 0 Å². The van der Waals surface area contributed by atoms with Crippen LogP contribution in [0.5, 0.6) is 5.75 Å². The van der Waals surface area contributed by atoms with Crippen molar-refractivity contribution in [1.82, 2.24) is 0 Å². The van der Waals surface area contributed by atoms with Crippen LogP contribution in [0.25, 0.3) is 11.1 Å². The highest BCUT2D eigenvalue weighted by atomic mass is 19.4. The maximum Gasteiger partial charge on any atom is 0.420 e. The number of benzene rings is 3. The Morgan fingerprint density at radius 3 is 2.07 bits per heavy atom. The molecule has 3 rings (SSSR count). The summed E-state index contributed by atoms with van der Waals surface area (Å²) in [6.07, 6.45) is -5.50. The monoisotopic (exact) mass is 386 g/mol. The predicted molar refractivity (Wildman–Crippen MR) is 99.0 cm³/mol. The zero-order valence-electron chi connectivity index (χ0n) is 14.7. The number of halogens is 3. The van der Waals surface area contributed by atoms with Gasteiger partial charge in [-0.2, -0.15) is 13.2 Å². The van der Waals surface area contributed by atoms with Gasteiger partial charge in [0.05, 0.1) is 6.42 Å². The number of hydrogen-bond acceptors (Lipinski definition) is 2. The Balaban J connectivity index is 2.10. The van der Waals surface area contributed by atoms with Crippen LogP contribution in [0.2, 0.25) is 0 Å². The van der Waals surface area contributed by atoms with Crippen molar-refractivity contribution in [3.63, 3.8) is 0 Å². The minimum atomic E-state index is -4.74. The van der Waals surface area contributed by atoms with Gasteiger partial charge in [-0.25, -0.2) is 0 Å². The second kappa shape index (κ2) is 8.17. The van der Waals surface area contributed by atoms with Gasteiger partial charge in [-0.15, -0.1) is 0 Å². The molecule has 0 aliphatic heterocycles. The topological polar surface area (TPSA) is 46.5 Å². The second-order valence-corrected chi connectivity index (χ2v) is 6.22. The summed E-state index contributed by atoms with van der Waals surface area (Å²) in [6.45, 7) is -0.0608. The summed E-state index contributed by atoms with van der Waals surface area (Å²) in [5.74, 6) is -1.72. The summed E-state index contributed by atoms with van der Waals surface area (Å²) < 4.78 is 46.8. The molecule has 0 bridgehead atoms. The molecule has 0 atom stereocenters. The third-order valence-electron chi connectivity index (χ3n) is 4.15. The van der Waals surface area contributed by atoms with Crippen LogP contribution in [0.4, 0.5) is 13.2 Å². The Hall–Kier alpha value is -3.28. The minimum absolute atomic E-state index is 0.0608. The minimum Gasteiger partial charge on any atom is -0.488 e. The molecule has 0 saturated heterocycles. The molecule has 1 N–H and O–H groups in total. The Morgan fingerprint density at radius 1 is 0.893 bits per heavy atom. The zero-order valence-corrected chi connectivity index (χ0v) is 14.7. The fourth-order valence-electron chi connectivity index (χ4n) is 2.94. The van der Waals surface area contributed by atoms with Crippen LogP contribution in [-0.2, 0) is 24.0 Å². The Labute approximate surface area is 160 Å². The van der Waals surface area contributed by atoms with Gasteiger partial charge in [0, 0.05) is 0 Å². The summed E-state index contributed by atoms with van der Waals surface area (Å²) in [5.41, 5.74) is 0.468. The fourth-order valence-corrected chi connectivity index (χ4v) is 2.94. The number of carboxylic acid groups (broad SMARTS) is 1. The van der Waals surface area contributed by atoms with Crippen LogP contribution in [0, 0.1) is 0 Å². The molecule has 0 saturated carbocycles. The lowest BCUT2D eigenvalue weighted by atomic mass is 9.96. The summed E-state index contributed by atoms with van der Waals surface area (Å²) in [7, 11) is 0. The molecule has 0 radical (unpaired) electrons. The average Bonchev–Trinajstić information content (AvgIpc) is 2.66. The molecule has 3 nitrogen and oxygen atoms in total. The lowest BCUT2D eigenvalue weighted by Gasteiger charge is -2.19. The summed E-state index contributed by atoms with van der Waals surface area (Å²) >= 11 is 0. The quantitative estimate of drug-likeness (QED) is 0.602. The Kier molecular flexibility index (Phi) is 5.68. The molecule has 6 heteroatoms. The van der Waals surface area contributed by atoms with E-state index in [0.29, 0.717) is 16.7 Å². The zero-order chi connectivity index (χ0) is 20.1. The summed E-state index contributed by atoms with van der Waals surface area (Å²) in [5, 5.41) is 9.11. The first-order valence-electron chi connectivity index (χ1n) is 8.52.